The lowest BCUT2D eigenvalue weighted by Gasteiger charge is -2.14. The van der Waals surface area contributed by atoms with Crippen molar-refractivity contribution < 1.29 is 18.0 Å². The second-order valence-corrected chi connectivity index (χ2v) is 6.52. The second-order valence-electron chi connectivity index (χ2n) is 4.28. The topological polar surface area (TPSA) is 118 Å². The molecule has 7 nitrogen and oxygen atoms in total. The molecule has 0 radical (unpaired) electrons. The van der Waals surface area contributed by atoms with Crippen molar-refractivity contribution in [2.45, 2.75) is 24.0 Å². The van der Waals surface area contributed by atoms with E-state index in [2.05, 4.69) is 5.32 Å². The standard InChI is InChI=1S/C12H17N3O4S/c1-7-4-5-9(13)6-10(7)20(18,19)8(2)11(16)15-12(17)14-3/h4-6,8H,13H2,1-3H3,(H2,14,15,16,17). The van der Waals surface area contributed by atoms with Crippen LogP contribution in [0.15, 0.2) is 23.1 Å². The number of urea groups is 1. The largest absolute Gasteiger partial charge is 0.399 e. The maximum Gasteiger partial charge on any atom is 0.321 e. The van der Waals surface area contributed by atoms with Crippen LogP contribution in [0.5, 0.6) is 0 Å². The van der Waals surface area contributed by atoms with Gasteiger partial charge >= 0.3 is 6.03 Å². The fourth-order valence-corrected chi connectivity index (χ4v) is 3.07. The van der Waals surface area contributed by atoms with Gasteiger partial charge in [-0.25, -0.2) is 13.2 Å². The number of hydrogen-bond donors (Lipinski definition) is 3. The lowest BCUT2D eigenvalue weighted by Crippen LogP contribution is -2.44. The number of nitrogen functional groups attached to an aromatic ring is 1. The van der Waals surface area contributed by atoms with Crippen LogP contribution in [0, 0.1) is 6.92 Å². The van der Waals surface area contributed by atoms with E-state index in [-0.39, 0.29) is 10.6 Å². The molecule has 1 unspecified atom stereocenters. The summed E-state index contributed by atoms with van der Waals surface area (Å²) in [5, 5.41) is 2.71. The average molecular weight is 299 g/mol. The zero-order chi connectivity index (χ0) is 15.5. The summed E-state index contributed by atoms with van der Waals surface area (Å²) in [7, 11) is -2.59. The summed E-state index contributed by atoms with van der Waals surface area (Å²) in [6.07, 6.45) is 0. The van der Waals surface area contributed by atoms with Crippen LogP contribution in [0.2, 0.25) is 0 Å². The molecule has 0 heterocycles. The van der Waals surface area contributed by atoms with Crippen molar-refractivity contribution in [2.24, 2.45) is 0 Å². The lowest BCUT2D eigenvalue weighted by molar-refractivity contribution is -0.119. The van der Waals surface area contributed by atoms with E-state index in [1.807, 2.05) is 5.32 Å². The second kappa shape index (κ2) is 5.91. The summed E-state index contributed by atoms with van der Waals surface area (Å²) in [6.45, 7) is 2.83. The summed E-state index contributed by atoms with van der Waals surface area (Å²) in [5.74, 6) is -0.897. The van der Waals surface area contributed by atoms with Crippen LogP contribution < -0.4 is 16.4 Å². The van der Waals surface area contributed by atoms with Crippen LogP contribution in [-0.2, 0) is 14.6 Å². The van der Waals surface area contributed by atoms with E-state index >= 15 is 0 Å². The zero-order valence-electron chi connectivity index (χ0n) is 11.4. The number of benzene rings is 1. The minimum absolute atomic E-state index is 0.0166. The lowest BCUT2D eigenvalue weighted by atomic mass is 10.2. The molecule has 110 valence electrons. The Morgan fingerprint density at radius 2 is 1.90 bits per heavy atom. The van der Waals surface area contributed by atoms with Gasteiger partial charge in [-0.05, 0) is 31.5 Å². The molecule has 1 aromatic carbocycles. The third-order valence-corrected chi connectivity index (χ3v) is 5.02. The van der Waals surface area contributed by atoms with Gasteiger partial charge in [0.25, 0.3) is 0 Å². The summed E-state index contributed by atoms with van der Waals surface area (Å²) < 4.78 is 24.7. The number of imide groups is 1. The number of sulfone groups is 1. The Morgan fingerprint density at radius 3 is 2.45 bits per heavy atom. The Bertz CT molecular complexity index is 640. The first-order chi connectivity index (χ1) is 9.20. The van der Waals surface area contributed by atoms with Gasteiger partial charge in [-0.15, -0.1) is 0 Å². The molecule has 0 saturated heterocycles. The van der Waals surface area contributed by atoms with E-state index in [9.17, 15) is 18.0 Å². The summed E-state index contributed by atoms with van der Waals surface area (Å²) in [4.78, 5) is 22.8. The van der Waals surface area contributed by atoms with Crippen molar-refractivity contribution in [3.63, 3.8) is 0 Å². The predicted octanol–water partition coefficient (Wildman–Crippen LogP) is 0.195. The van der Waals surface area contributed by atoms with Gasteiger partial charge in [0.2, 0.25) is 5.91 Å². The number of hydrogen-bond acceptors (Lipinski definition) is 5. The normalized spacial score (nSPS) is 12.6. The predicted molar refractivity (Wildman–Crippen MR) is 74.8 cm³/mol. The molecular weight excluding hydrogens is 282 g/mol. The zero-order valence-corrected chi connectivity index (χ0v) is 12.2. The smallest absolute Gasteiger partial charge is 0.321 e. The highest BCUT2D eigenvalue weighted by atomic mass is 32.2. The van der Waals surface area contributed by atoms with E-state index in [0.717, 1.165) is 0 Å². The number of nitrogens with one attached hydrogen (secondary N) is 2. The van der Waals surface area contributed by atoms with Crippen LogP contribution >= 0.6 is 0 Å². The molecule has 0 aromatic heterocycles. The number of carbonyl (C=O) groups excluding carboxylic acids is 2. The summed E-state index contributed by atoms with van der Waals surface area (Å²) >= 11 is 0. The molecule has 3 amide bonds. The van der Waals surface area contributed by atoms with E-state index in [1.165, 1.54) is 20.0 Å². The number of rotatable bonds is 3. The molecule has 0 aliphatic rings. The van der Waals surface area contributed by atoms with Gasteiger partial charge in [-0.2, -0.15) is 0 Å². The first-order valence-electron chi connectivity index (χ1n) is 5.82. The number of nitrogens with two attached hydrogens (primary N) is 1. The van der Waals surface area contributed by atoms with Gasteiger partial charge in [0.15, 0.2) is 9.84 Å². The van der Waals surface area contributed by atoms with Gasteiger partial charge in [0.05, 0.1) is 4.90 Å². The average Bonchev–Trinajstić information content (AvgIpc) is 2.40. The molecule has 8 heteroatoms. The number of carbonyl (C=O) groups is 2. The molecule has 1 rings (SSSR count). The first kappa shape index (κ1) is 16.0. The molecule has 0 spiro atoms. The number of amides is 3. The molecule has 0 aliphatic heterocycles. The highest BCUT2D eigenvalue weighted by Gasteiger charge is 2.31. The highest BCUT2D eigenvalue weighted by Crippen LogP contribution is 2.22. The van der Waals surface area contributed by atoms with Gasteiger partial charge in [0, 0.05) is 12.7 Å². The van der Waals surface area contributed by atoms with Crippen molar-refractivity contribution >= 4 is 27.5 Å². The number of anilines is 1. The Morgan fingerprint density at radius 1 is 1.30 bits per heavy atom. The molecule has 4 N–H and O–H groups in total. The van der Waals surface area contributed by atoms with E-state index in [1.54, 1.807) is 19.1 Å². The van der Waals surface area contributed by atoms with E-state index in [0.29, 0.717) is 5.56 Å². The van der Waals surface area contributed by atoms with Crippen LogP contribution in [0.4, 0.5) is 10.5 Å². The first-order valence-corrected chi connectivity index (χ1v) is 7.37. The number of aryl methyl sites for hydroxylation is 1. The summed E-state index contributed by atoms with van der Waals surface area (Å²) in [5.41, 5.74) is 6.34. The highest BCUT2D eigenvalue weighted by molar-refractivity contribution is 7.92. The molecule has 1 atom stereocenters. The minimum Gasteiger partial charge on any atom is -0.399 e. The van der Waals surface area contributed by atoms with Crippen molar-refractivity contribution in [2.75, 3.05) is 12.8 Å². The van der Waals surface area contributed by atoms with Crippen molar-refractivity contribution in [3.05, 3.63) is 23.8 Å². The maximum atomic E-state index is 12.4. The Hall–Kier alpha value is -2.09. The molecule has 20 heavy (non-hydrogen) atoms. The van der Waals surface area contributed by atoms with Crippen LogP contribution in [0.3, 0.4) is 0 Å². The molecule has 0 aliphatic carbocycles. The molecule has 0 bridgehead atoms. The molecular formula is C12H17N3O4S. The van der Waals surface area contributed by atoms with E-state index < -0.39 is 27.0 Å². The fraction of sp³-hybridized carbons (Fsp3) is 0.333. The van der Waals surface area contributed by atoms with Gasteiger partial charge < -0.3 is 11.1 Å². The van der Waals surface area contributed by atoms with Crippen molar-refractivity contribution in [1.29, 1.82) is 0 Å². The Balaban J connectivity index is 3.13. The van der Waals surface area contributed by atoms with Crippen molar-refractivity contribution in [3.8, 4) is 0 Å². The molecule has 1 aromatic rings. The quantitative estimate of drug-likeness (QED) is 0.689. The molecule has 0 saturated carbocycles. The Kier molecular flexibility index (Phi) is 4.72. The van der Waals surface area contributed by atoms with Crippen LogP contribution in [0.25, 0.3) is 0 Å². The summed E-state index contributed by atoms with van der Waals surface area (Å²) in [6, 6.07) is 3.67. The fourth-order valence-electron chi connectivity index (χ4n) is 1.53. The van der Waals surface area contributed by atoms with E-state index in [4.69, 9.17) is 5.73 Å². The van der Waals surface area contributed by atoms with Gasteiger partial charge in [-0.1, -0.05) is 6.07 Å². The van der Waals surface area contributed by atoms with Crippen molar-refractivity contribution in [1.82, 2.24) is 10.6 Å². The third-order valence-electron chi connectivity index (χ3n) is 2.82. The van der Waals surface area contributed by atoms with Gasteiger partial charge in [-0.3, -0.25) is 10.1 Å². The third kappa shape index (κ3) is 3.27. The molecule has 0 fully saturated rings. The SMILES string of the molecule is CNC(=O)NC(=O)C(C)S(=O)(=O)c1cc(N)ccc1C. The van der Waals surface area contributed by atoms with Gasteiger partial charge in [0.1, 0.15) is 5.25 Å². The Labute approximate surface area is 117 Å². The van der Waals surface area contributed by atoms with Crippen LogP contribution in [0.1, 0.15) is 12.5 Å². The maximum absolute atomic E-state index is 12.4. The van der Waals surface area contributed by atoms with Crippen LogP contribution in [-0.4, -0.2) is 32.7 Å². The monoisotopic (exact) mass is 299 g/mol. The minimum atomic E-state index is -3.92.